The number of amides is 3. The first-order chi connectivity index (χ1) is 15.1. The third-order valence-corrected chi connectivity index (χ3v) is 5.93. The number of fused-ring (bicyclic) bond motifs is 1. The van der Waals surface area contributed by atoms with E-state index >= 15 is 0 Å². The molecule has 3 amide bonds. The standard InChI is InChI=1S/C23H32FN5O3/c1-23(2,3)20(22(32)26-12-17(25)30)27-21(31)18-15-10-7-11-16(24)19(15)29(28-18)13-14-8-5-4-6-9-14/h7,10-11,14,20H,4-6,8-9,12-13H2,1-3H3,(H2,25,30)(H,26,32)(H,27,31). The van der Waals surface area contributed by atoms with Crippen LogP contribution in [0.25, 0.3) is 10.9 Å². The molecule has 32 heavy (non-hydrogen) atoms. The first-order valence-electron chi connectivity index (χ1n) is 11.1. The zero-order valence-electron chi connectivity index (χ0n) is 18.9. The molecule has 1 saturated carbocycles. The number of nitrogens with zero attached hydrogens (tertiary/aromatic N) is 2. The fourth-order valence-electron chi connectivity index (χ4n) is 4.26. The van der Waals surface area contributed by atoms with Gasteiger partial charge in [0.25, 0.3) is 5.91 Å². The second kappa shape index (κ2) is 9.67. The SMILES string of the molecule is CC(C)(C)C(NC(=O)c1nn(CC2CCCCC2)c2c(F)cccc12)C(=O)NCC(N)=O. The molecule has 2 aromatic rings. The van der Waals surface area contributed by atoms with Crippen LogP contribution in [0, 0.1) is 17.2 Å². The van der Waals surface area contributed by atoms with E-state index < -0.39 is 35.0 Å². The van der Waals surface area contributed by atoms with Crippen LogP contribution in [-0.4, -0.2) is 40.1 Å². The van der Waals surface area contributed by atoms with Crippen LogP contribution in [0.3, 0.4) is 0 Å². The third kappa shape index (κ3) is 5.44. The van der Waals surface area contributed by atoms with E-state index in [0.717, 1.165) is 25.7 Å². The maximum absolute atomic E-state index is 14.7. The zero-order valence-corrected chi connectivity index (χ0v) is 18.9. The summed E-state index contributed by atoms with van der Waals surface area (Å²) in [4.78, 5) is 36.9. The van der Waals surface area contributed by atoms with Crippen LogP contribution in [0.2, 0.25) is 0 Å². The molecule has 3 rings (SSSR count). The lowest BCUT2D eigenvalue weighted by atomic mass is 9.86. The number of para-hydroxylation sites is 1. The molecule has 1 aliphatic carbocycles. The molecule has 4 N–H and O–H groups in total. The monoisotopic (exact) mass is 445 g/mol. The van der Waals surface area contributed by atoms with E-state index in [-0.39, 0.29) is 12.2 Å². The second-order valence-corrected chi connectivity index (χ2v) is 9.63. The number of hydrogen-bond donors (Lipinski definition) is 3. The number of nitrogens with one attached hydrogen (secondary N) is 2. The number of hydrogen-bond acceptors (Lipinski definition) is 4. The van der Waals surface area contributed by atoms with E-state index in [2.05, 4.69) is 15.7 Å². The number of benzene rings is 1. The molecular formula is C23H32FN5O3. The highest BCUT2D eigenvalue weighted by molar-refractivity contribution is 6.06. The predicted molar refractivity (Wildman–Crippen MR) is 119 cm³/mol. The van der Waals surface area contributed by atoms with Crippen LogP contribution in [-0.2, 0) is 16.1 Å². The van der Waals surface area contributed by atoms with Crippen molar-refractivity contribution in [2.24, 2.45) is 17.1 Å². The summed E-state index contributed by atoms with van der Waals surface area (Å²) in [5.74, 6) is -1.82. The van der Waals surface area contributed by atoms with Crippen LogP contribution in [0.5, 0.6) is 0 Å². The maximum atomic E-state index is 14.7. The minimum absolute atomic E-state index is 0.0762. The smallest absolute Gasteiger partial charge is 0.273 e. The highest BCUT2D eigenvalue weighted by Gasteiger charge is 2.34. The normalized spacial score (nSPS) is 16.0. The van der Waals surface area contributed by atoms with E-state index in [9.17, 15) is 18.8 Å². The molecule has 1 fully saturated rings. The van der Waals surface area contributed by atoms with Crippen LogP contribution in [0.15, 0.2) is 18.2 Å². The van der Waals surface area contributed by atoms with E-state index in [4.69, 9.17) is 5.73 Å². The lowest BCUT2D eigenvalue weighted by molar-refractivity contribution is -0.128. The molecule has 174 valence electrons. The molecule has 1 aromatic heterocycles. The number of carbonyl (C=O) groups excluding carboxylic acids is 3. The minimum atomic E-state index is -0.943. The van der Waals surface area contributed by atoms with Gasteiger partial charge in [-0.1, -0.05) is 52.2 Å². The lowest BCUT2D eigenvalue weighted by Gasteiger charge is -2.30. The van der Waals surface area contributed by atoms with Gasteiger partial charge < -0.3 is 16.4 Å². The average molecular weight is 446 g/mol. The van der Waals surface area contributed by atoms with Gasteiger partial charge >= 0.3 is 0 Å². The molecule has 0 saturated heterocycles. The Morgan fingerprint density at radius 3 is 2.53 bits per heavy atom. The fraction of sp³-hybridized carbons (Fsp3) is 0.565. The Hall–Kier alpha value is -2.97. The molecule has 1 heterocycles. The van der Waals surface area contributed by atoms with Crippen molar-refractivity contribution >= 4 is 28.6 Å². The summed E-state index contributed by atoms with van der Waals surface area (Å²) in [5.41, 5.74) is 4.84. The molecule has 0 aliphatic heterocycles. The van der Waals surface area contributed by atoms with Crippen molar-refractivity contribution in [3.63, 3.8) is 0 Å². The molecule has 1 aromatic carbocycles. The summed E-state index contributed by atoms with van der Waals surface area (Å²) in [5, 5.41) is 10.0. The van der Waals surface area contributed by atoms with Crippen molar-refractivity contribution in [2.45, 2.75) is 65.5 Å². The first-order valence-corrected chi connectivity index (χ1v) is 11.1. The van der Waals surface area contributed by atoms with Gasteiger partial charge in [0.1, 0.15) is 17.4 Å². The van der Waals surface area contributed by atoms with Crippen LogP contribution in [0.1, 0.15) is 63.4 Å². The first kappa shape index (κ1) is 23.7. The van der Waals surface area contributed by atoms with Crippen molar-refractivity contribution in [3.8, 4) is 0 Å². The Morgan fingerprint density at radius 1 is 1.22 bits per heavy atom. The molecule has 1 aliphatic rings. The summed E-state index contributed by atoms with van der Waals surface area (Å²) in [6.45, 7) is 5.60. The number of halogens is 1. The van der Waals surface area contributed by atoms with E-state index in [1.807, 2.05) is 0 Å². The van der Waals surface area contributed by atoms with Gasteiger partial charge in [-0.05, 0) is 30.2 Å². The van der Waals surface area contributed by atoms with E-state index in [1.54, 1.807) is 37.6 Å². The van der Waals surface area contributed by atoms with Crippen molar-refractivity contribution in [1.82, 2.24) is 20.4 Å². The molecule has 0 radical (unpaired) electrons. The summed E-state index contributed by atoms with van der Waals surface area (Å²) in [6, 6.07) is 3.62. The summed E-state index contributed by atoms with van der Waals surface area (Å²) in [7, 11) is 0. The van der Waals surface area contributed by atoms with E-state index in [1.165, 1.54) is 12.5 Å². The van der Waals surface area contributed by atoms with Gasteiger partial charge in [0.05, 0.1) is 6.54 Å². The van der Waals surface area contributed by atoms with Crippen LogP contribution in [0.4, 0.5) is 4.39 Å². The molecule has 1 unspecified atom stereocenters. The Labute approximate surface area is 187 Å². The molecule has 9 heteroatoms. The number of rotatable bonds is 7. The topological polar surface area (TPSA) is 119 Å². The van der Waals surface area contributed by atoms with Crippen LogP contribution >= 0.6 is 0 Å². The van der Waals surface area contributed by atoms with Crippen molar-refractivity contribution in [2.75, 3.05) is 6.54 Å². The molecular weight excluding hydrogens is 413 g/mol. The minimum Gasteiger partial charge on any atom is -0.368 e. The van der Waals surface area contributed by atoms with Gasteiger partial charge in [-0.15, -0.1) is 0 Å². The quantitative estimate of drug-likeness (QED) is 0.607. The Bertz CT molecular complexity index is 1000. The van der Waals surface area contributed by atoms with Gasteiger partial charge in [-0.25, -0.2) is 4.39 Å². The molecule has 0 spiro atoms. The lowest BCUT2D eigenvalue weighted by Crippen LogP contribution is -2.54. The van der Waals surface area contributed by atoms with Gasteiger partial charge in [0.15, 0.2) is 5.69 Å². The summed E-state index contributed by atoms with van der Waals surface area (Å²) >= 11 is 0. The number of nitrogens with two attached hydrogens (primary N) is 1. The molecule has 8 nitrogen and oxygen atoms in total. The number of aromatic nitrogens is 2. The van der Waals surface area contributed by atoms with Crippen LogP contribution < -0.4 is 16.4 Å². The van der Waals surface area contributed by atoms with Crippen molar-refractivity contribution in [1.29, 1.82) is 0 Å². The summed E-state index contributed by atoms with van der Waals surface area (Å²) in [6.07, 6.45) is 5.62. The largest absolute Gasteiger partial charge is 0.368 e. The van der Waals surface area contributed by atoms with Gasteiger partial charge in [0.2, 0.25) is 11.8 Å². The molecule has 0 bridgehead atoms. The number of carbonyl (C=O) groups is 3. The van der Waals surface area contributed by atoms with Gasteiger partial charge in [0, 0.05) is 11.9 Å². The Morgan fingerprint density at radius 2 is 1.91 bits per heavy atom. The highest BCUT2D eigenvalue weighted by atomic mass is 19.1. The van der Waals surface area contributed by atoms with E-state index in [0.29, 0.717) is 23.4 Å². The number of primary amides is 1. The Balaban J connectivity index is 1.90. The maximum Gasteiger partial charge on any atom is 0.273 e. The van der Waals surface area contributed by atoms with Gasteiger partial charge in [-0.3, -0.25) is 19.1 Å². The van der Waals surface area contributed by atoms with Crippen molar-refractivity contribution < 1.29 is 18.8 Å². The third-order valence-electron chi connectivity index (χ3n) is 5.93. The highest BCUT2D eigenvalue weighted by Crippen LogP contribution is 2.29. The average Bonchev–Trinajstić information content (AvgIpc) is 3.09. The van der Waals surface area contributed by atoms with Crippen molar-refractivity contribution in [3.05, 3.63) is 29.7 Å². The predicted octanol–water partition coefficient (Wildman–Crippen LogP) is 2.50. The summed E-state index contributed by atoms with van der Waals surface area (Å²) < 4.78 is 16.3. The molecule has 1 atom stereocenters. The zero-order chi connectivity index (χ0) is 23.5. The second-order valence-electron chi connectivity index (χ2n) is 9.63. The van der Waals surface area contributed by atoms with Gasteiger partial charge in [-0.2, -0.15) is 5.10 Å². The fourth-order valence-corrected chi connectivity index (χ4v) is 4.26. The Kier molecular flexibility index (Phi) is 7.16.